The summed E-state index contributed by atoms with van der Waals surface area (Å²) in [6.07, 6.45) is 0. The number of hydrogen-bond donors (Lipinski definition) is 0. The number of benzene rings is 1. The minimum absolute atomic E-state index is 0. The minimum Gasteiger partial charge on any atom is -0.283 e. The molecule has 6 heteroatoms. The maximum absolute atomic E-state index is 11.3. The summed E-state index contributed by atoms with van der Waals surface area (Å²) in [5.41, 5.74) is 0.535. The van der Waals surface area contributed by atoms with Gasteiger partial charge in [-0.2, -0.15) is 0 Å². The van der Waals surface area contributed by atoms with Gasteiger partial charge in [0.05, 0.1) is 16.3 Å². The lowest BCUT2D eigenvalue weighted by molar-refractivity contribution is -0.113. The molecule has 1 aromatic rings. The molecule has 0 aromatic heterocycles. The molecular weight excluding hydrogens is 248 g/mol. The Bertz CT molecular complexity index is 419. The minimum atomic E-state index is -0.759. The van der Waals surface area contributed by atoms with Crippen molar-refractivity contribution < 1.29 is 9.59 Å². The van der Waals surface area contributed by atoms with Crippen LogP contribution < -0.4 is 4.42 Å². The van der Waals surface area contributed by atoms with Crippen LogP contribution in [-0.4, -0.2) is 11.7 Å². The Morgan fingerprint density at radius 2 is 1.86 bits per heavy atom. The zero-order chi connectivity index (χ0) is 9.59. The Balaban J connectivity index is 0.000000980. The molecule has 0 saturated carbocycles. The van der Waals surface area contributed by atoms with E-state index in [1.165, 1.54) is 0 Å². The molecule has 0 radical (unpaired) electrons. The quantitative estimate of drug-likeness (QED) is 0.525. The van der Waals surface area contributed by atoms with Gasteiger partial charge in [-0.25, -0.2) is 4.42 Å². The fourth-order valence-electron chi connectivity index (χ4n) is 1.21. The number of ketones is 1. The molecule has 1 aliphatic heterocycles. The second kappa shape index (κ2) is 3.77. The van der Waals surface area contributed by atoms with Crippen LogP contribution in [0.3, 0.4) is 0 Å². The first-order valence-electron chi connectivity index (χ1n) is 3.46. The van der Waals surface area contributed by atoms with Crippen LogP contribution in [0.1, 0.15) is 10.4 Å². The highest BCUT2D eigenvalue weighted by Crippen LogP contribution is 2.34. The van der Waals surface area contributed by atoms with Crippen molar-refractivity contribution in [2.24, 2.45) is 0 Å². The lowest BCUT2D eigenvalue weighted by atomic mass is 10.1. The van der Waals surface area contributed by atoms with Gasteiger partial charge in [0, 0.05) is 11.8 Å². The number of halogens is 3. The molecule has 74 valence electrons. The predicted octanol–water partition coefficient (Wildman–Crippen LogP) is 2.44. The number of amides is 1. The topological polar surface area (TPSA) is 37.4 Å². The number of Topliss-reactive ketones (excluding diaryl/α,β-unsaturated/α-hetero) is 1. The Hall–Kier alpha value is -0.770. The summed E-state index contributed by atoms with van der Waals surface area (Å²) in [5.74, 6) is -1.42. The molecule has 3 nitrogen and oxygen atoms in total. The SMILES string of the molecule is Cl.O=C1C(=O)N(Cl)c2cccc(Cl)c21. The zero-order valence-electron chi connectivity index (χ0n) is 6.66. The number of fused-ring (bicyclic) bond motifs is 1. The Morgan fingerprint density at radius 3 is 2.43 bits per heavy atom. The largest absolute Gasteiger partial charge is 0.314 e. The molecule has 0 N–H and O–H groups in total. The van der Waals surface area contributed by atoms with Crippen LogP contribution in [0.5, 0.6) is 0 Å². The fraction of sp³-hybridized carbons (Fsp3) is 0. The highest BCUT2D eigenvalue weighted by molar-refractivity contribution is 6.63. The summed E-state index contributed by atoms with van der Waals surface area (Å²) in [4.78, 5) is 22.4. The van der Waals surface area contributed by atoms with Gasteiger partial charge in [0.15, 0.2) is 0 Å². The van der Waals surface area contributed by atoms with Gasteiger partial charge >= 0.3 is 5.91 Å². The fourth-order valence-corrected chi connectivity index (χ4v) is 1.68. The maximum Gasteiger partial charge on any atom is 0.314 e. The third-order valence-electron chi connectivity index (χ3n) is 1.80. The van der Waals surface area contributed by atoms with Crippen molar-refractivity contribution in [1.29, 1.82) is 0 Å². The second-order valence-electron chi connectivity index (χ2n) is 2.55. The Morgan fingerprint density at radius 1 is 1.21 bits per heavy atom. The summed E-state index contributed by atoms with van der Waals surface area (Å²) < 4.78 is 0.781. The van der Waals surface area contributed by atoms with E-state index in [1.54, 1.807) is 18.2 Å². The third kappa shape index (κ3) is 1.38. The summed E-state index contributed by atoms with van der Waals surface area (Å²) in [6.45, 7) is 0. The molecular formula is C8H4Cl3NO2. The first-order valence-corrected chi connectivity index (χ1v) is 4.17. The maximum atomic E-state index is 11.3. The average molecular weight is 252 g/mol. The first-order chi connectivity index (χ1) is 6.13. The van der Waals surface area contributed by atoms with Crippen LogP contribution in [-0.2, 0) is 4.79 Å². The van der Waals surface area contributed by atoms with Gasteiger partial charge in [0.2, 0.25) is 0 Å². The van der Waals surface area contributed by atoms with Crippen molar-refractivity contribution in [1.82, 2.24) is 0 Å². The number of anilines is 1. The molecule has 0 spiro atoms. The van der Waals surface area contributed by atoms with Crippen molar-refractivity contribution in [2.45, 2.75) is 0 Å². The van der Waals surface area contributed by atoms with E-state index in [9.17, 15) is 9.59 Å². The van der Waals surface area contributed by atoms with Crippen LogP contribution >= 0.6 is 35.8 Å². The van der Waals surface area contributed by atoms with Gasteiger partial charge in [-0.15, -0.1) is 12.4 Å². The second-order valence-corrected chi connectivity index (χ2v) is 3.29. The highest BCUT2D eigenvalue weighted by atomic mass is 35.5. The van der Waals surface area contributed by atoms with E-state index in [0.717, 1.165) is 4.42 Å². The number of hydrogen-bond acceptors (Lipinski definition) is 2. The molecule has 1 aromatic carbocycles. The van der Waals surface area contributed by atoms with Crippen molar-refractivity contribution in [3.8, 4) is 0 Å². The summed E-state index contributed by atoms with van der Waals surface area (Å²) in [5, 5.41) is 0.249. The summed E-state index contributed by atoms with van der Waals surface area (Å²) in [6, 6.07) is 4.74. The van der Waals surface area contributed by atoms with Crippen LogP contribution in [0.15, 0.2) is 18.2 Å². The first kappa shape index (κ1) is 11.3. The molecule has 0 saturated heterocycles. The number of carbonyl (C=O) groups is 2. The molecule has 1 heterocycles. The molecule has 1 aliphatic rings. The smallest absolute Gasteiger partial charge is 0.283 e. The molecule has 0 bridgehead atoms. The third-order valence-corrected chi connectivity index (χ3v) is 2.45. The van der Waals surface area contributed by atoms with Crippen LogP contribution in [0.4, 0.5) is 5.69 Å². The molecule has 0 fully saturated rings. The van der Waals surface area contributed by atoms with E-state index in [0.29, 0.717) is 5.69 Å². The molecule has 1 amide bonds. The van der Waals surface area contributed by atoms with Gasteiger partial charge in [-0.05, 0) is 12.1 Å². The molecule has 0 aliphatic carbocycles. The van der Waals surface area contributed by atoms with Crippen LogP contribution in [0.2, 0.25) is 5.02 Å². The molecule has 0 unspecified atom stereocenters. The number of rotatable bonds is 0. The summed E-state index contributed by atoms with van der Waals surface area (Å²) in [7, 11) is 0. The van der Waals surface area contributed by atoms with Crippen LogP contribution in [0.25, 0.3) is 0 Å². The Labute approximate surface area is 96.1 Å². The van der Waals surface area contributed by atoms with Crippen molar-refractivity contribution in [2.75, 3.05) is 4.42 Å². The van der Waals surface area contributed by atoms with Gasteiger partial charge in [0.25, 0.3) is 5.78 Å². The summed E-state index contributed by atoms with van der Waals surface area (Å²) >= 11 is 11.3. The van der Waals surface area contributed by atoms with Crippen molar-refractivity contribution in [3.05, 3.63) is 28.8 Å². The highest BCUT2D eigenvalue weighted by Gasteiger charge is 2.36. The van der Waals surface area contributed by atoms with Gasteiger partial charge in [0.1, 0.15) is 0 Å². The van der Waals surface area contributed by atoms with E-state index in [2.05, 4.69) is 0 Å². The van der Waals surface area contributed by atoms with Crippen molar-refractivity contribution in [3.63, 3.8) is 0 Å². The van der Waals surface area contributed by atoms with Crippen molar-refractivity contribution >= 4 is 53.2 Å². The van der Waals surface area contributed by atoms with E-state index < -0.39 is 11.7 Å². The van der Waals surface area contributed by atoms with Gasteiger partial charge in [-0.1, -0.05) is 17.7 Å². The number of nitrogens with zero attached hydrogens (tertiary/aromatic N) is 1. The van der Waals surface area contributed by atoms with E-state index in [-0.39, 0.29) is 23.0 Å². The average Bonchev–Trinajstić information content (AvgIpc) is 2.33. The molecule has 14 heavy (non-hydrogen) atoms. The lowest BCUT2D eigenvalue weighted by Crippen LogP contribution is -2.19. The monoisotopic (exact) mass is 251 g/mol. The van der Waals surface area contributed by atoms with E-state index >= 15 is 0 Å². The van der Waals surface area contributed by atoms with E-state index in [1.807, 2.05) is 0 Å². The Kier molecular flexibility index (Phi) is 3.04. The van der Waals surface area contributed by atoms with Crippen LogP contribution in [0, 0.1) is 0 Å². The van der Waals surface area contributed by atoms with E-state index in [4.69, 9.17) is 23.4 Å². The standard InChI is InChI=1S/C8H3Cl2NO2.ClH/c9-4-2-1-3-5-6(4)7(12)8(13)11(5)10;/h1-3H;1H. The molecule has 0 atom stereocenters. The lowest BCUT2D eigenvalue weighted by Gasteiger charge is -2.03. The number of carbonyl (C=O) groups excluding carboxylic acids is 2. The van der Waals surface area contributed by atoms with Gasteiger partial charge in [-0.3, -0.25) is 9.59 Å². The van der Waals surface area contributed by atoms with Gasteiger partial charge < -0.3 is 0 Å². The predicted molar refractivity (Wildman–Crippen MR) is 56.4 cm³/mol. The normalized spacial score (nSPS) is 14.0. The zero-order valence-corrected chi connectivity index (χ0v) is 8.99. The molecule has 2 rings (SSSR count).